The summed E-state index contributed by atoms with van der Waals surface area (Å²) in [7, 11) is 0. The number of hydrogen-bond donors (Lipinski definition) is 2. The number of aliphatic imine (C=N–C) groups is 1. The van der Waals surface area contributed by atoms with Crippen LogP contribution in [0.15, 0.2) is 50.8 Å². The number of carbonyl (C=O) groups excluding carboxylic acids is 1. The molecular weight excluding hydrogens is 388 g/mol. The Hall–Kier alpha value is -2.05. The number of phenolic OH excluding ortho intramolecular Hbond substituents is 1. The smallest absolute Gasteiger partial charge is 0.264 e. The molecule has 0 spiro atoms. The summed E-state index contributed by atoms with van der Waals surface area (Å²) in [5.41, 5.74) is 3.84. The van der Waals surface area contributed by atoms with E-state index < -0.39 is 0 Å². The Morgan fingerprint density at radius 2 is 1.92 bits per heavy atom. The summed E-state index contributed by atoms with van der Waals surface area (Å²) in [6.45, 7) is 4.00. The fourth-order valence-electron chi connectivity index (χ4n) is 2.33. The molecule has 0 radical (unpaired) electrons. The van der Waals surface area contributed by atoms with E-state index in [4.69, 9.17) is 0 Å². The van der Waals surface area contributed by atoms with Crippen LogP contribution in [-0.2, 0) is 4.79 Å². The van der Waals surface area contributed by atoms with Gasteiger partial charge in [0.15, 0.2) is 5.17 Å². The van der Waals surface area contributed by atoms with E-state index in [1.54, 1.807) is 24.3 Å². The van der Waals surface area contributed by atoms with Crippen molar-refractivity contribution in [3.05, 3.63) is 62.5 Å². The number of amides is 1. The molecule has 1 aliphatic rings. The van der Waals surface area contributed by atoms with E-state index >= 15 is 0 Å². The van der Waals surface area contributed by atoms with Crippen LogP contribution < -0.4 is 5.32 Å². The van der Waals surface area contributed by atoms with Gasteiger partial charge in [0, 0.05) is 0 Å². The topological polar surface area (TPSA) is 61.7 Å². The van der Waals surface area contributed by atoms with Crippen molar-refractivity contribution in [1.29, 1.82) is 0 Å². The van der Waals surface area contributed by atoms with Gasteiger partial charge in [-0.15, -0.1) is 0 Å². The summed E-state index contributed by atoms with van der Waals surface area (Å²) in [4.78, 5) is 17.3. The highest BCUT2D eigenvalue weighted by Crippen LogP contribution is 2.32. The Morgan fingerprint density at radius 3 is 2.58 bits per heavy atom. The number of rotatable bonds is 2. The molecule has 0 atom stereocenters. The van der Waals surface area contributed by atoms with Gasteiger partial charge in [0.1, 0.15) is 5.75 Å². The third-order valence-corrected chi connectivity index (χ3v) is 5.12. The molecule has 0 aliphatic carbocycles. The summed E-state index contributed by atoms with van der Waals surface area (Å²) < 4.78 is 0.588. The van der Waals surface area contributed by atoms with Gasteiger partial charge in [0.05, 0.1) is 15.1 Å². The van der Waals surface area contributed by atoms with Crippen molar-refractivity contribution in [3.63, 3.8) is 0 Å². The number of hydrogen-bond acceptors (Lipinski definition) is 4. The van der Waals surface area contributed by atoms with Crippen LogP contribution in [0.2, 0.25) is 0 Å². The number of halogens is 1. The molecule has 3 rings (SSSR count). The van der Waals surface area contributed by atoms with E-state index in [1.807, 2.05) is 32.0 Å². The minimum absolute atomic E-state index is 0.165. The van der Waals surface area contributed by atoms with Crippen LogP contribution in [0.3, 0.4) is 0 Å². The number of carbonyl (C=O) groups is 1. The van der Waals surface area contributed by atoms with Crippen molar-refractivity contribution in [2.45, 2.75) is 13.8 Å². The van der Waals surface area contributed by atoms with Crippen LogP contribution in [0.1, 0.15) is 16.7 Å². The molecule has 2 aromatic rings. The molecular formula is C18H15BrN2O2S. The van der Waals surface area contributed by atoms with Gasteiger partial charge >= 0.3 is 0 Å². The first-order valence-corrected chi connectivity index (χ1v) is 8.89. The van der Waals surface area contributed by atoms with Crippen molar-refractivity contribution in [2.75, 3.05) is 0 Å². The fourth-order valence-corrected chi connectivity index (χ4v) is 3.55. The number of nitrogens with one attached hydrogen (secondary N) is 1. The maximum atomic E-state index is 12.2. The van der Waals surface area contributed by atoms with Gasteiger partial charge in [-0.1, -0.05) is 24.3 Å². The third kappa shape index (κ3) is 3.55. The second kappa shape index (κ2) is 6.83. The number of aryl methyl sites for hydroxylation is 2. The van der Waals surface area contributed by atoms with Gasteiger partial charge in [-0.3, -0.25) is 4.79 Å². The monoisotopic (exact) mass is 402 g/mol. The molecule has 1 aliphatic heterocycles. The first-order chi connectivity index (χ1) is 11.4. The first kappa shape index (κ1) is 16.8. The second-order valence-electron chi connectivity index (χ2n) is 5.43. The standard InChI is InChI=1S/C18H15BrN2O2S/c1-10-4-3-5-11(2)16(10)20-18-21-17(23)15(24-18)9-12-6-7-14(22)13(19)8-12/h3-9,22H,1-2H3,(H,20,21,23)/b15-9+. The normalized spacial score (nSPS) is 17.5. The highest BCUT2D eigenvalue weighted by atomic mass is 79.9. The van der Waals surface area contributed by atoms with E-state index in [0.717, 1.165) is 22.4 Å². The zero-order valence-electron chi connectivity index (χ0n) is 13.1. The molecule has 122 valence electrons. The number of nitrogens with zero attached hydrogens (tertiary/aromatic N) is 1. The molecule has 2 N–H and O–H groups in total. The van der Waals surface area contributed by atoms with E-state index in [1.165, 1.54) is 11.8 Å². The lowest BCUT2D eigenvalue weighted by Gasteiger charge is -2.04. The lowest BCUT2D eigenvalue weighted by Crippen LogP contribution is -2.19. The minimum Gasteiger partial charge on any atom is -0.507 e. The highest BCUT2D eigenvalue weighted by Gasteiger charge is 2.24. The number of benzene rings is 2. The van der Waals surface area contributed by atoms with E-state index in [-0.39, 0.29) is 11.7 Å². The largest absolute Gasteiger partial charge is 0.507 e. The molecule has 0 saturated carbocycles. The van der Waals surface area contributed by atoms with Crippen molar-refractivity contribution < 1.29 is 9.90 Å². The molecule has 1 amide bonds. The quantitative estimate of drug-likeness (QED) is 0.717. The molecule has 0 unspecified atom stereocenters. The van der Waals surface area contributed by atoms with Crippen molar-refractivity contribution in [2.24, 2.45) is 4.99 Å². The minimum atomic E-state index is -0.172. The molecule has 4 nitrogen and oxygen atoms in total. The summed E-state index contributed by atoms with van der Waals surface area (Å²) in [6, 6.07) is 11.1. The second-order valence-corrected chi connectivity index (χ2v) is 7.32. The number of phenols is 1. The Morgan fingerprint density at radius 1 is 1.21 bits per heavy atom. The number of amidine groups is 1. The van der Waals surface area contributed by atoms with E-state index in [0.29, 0.717) is 14.5 Å². The lowest BCUT2D eigenvalue weighted by atomic mass is 10.1. The zero-order valence-corrected chi connectivity index (χ0v) is 15.5. The molecule has 1 saturated heterocycles. The Bertz CT molecular complexity index is 870. The Labute approximate surface area is 152 Å². The van der Waals surface area contributed by atoms with Crippen molar-refractivity contribution >= 4 is 50.5 Å². The average Bonchev–Trinajstić information content (AvgIpc) is 2.87. The van der Waals surface area contributed by atoms with E-state index in [2.05, 4.69) is 26.2 Å². The van der Waals surface area contributed by atoms with Crippen LogP contribution in [0, 0.1) is 13.8 Å². The van der Waals surface area contributed by atoms with Crippen molar-refractivity contribution in [3.8, 4) is 5.75 Å². The highest BCUT2D eigenvalue weighted by molar-refractivity contribution is 9.10. The molecule has 1 fully saturated rings. The molecule has 0 aromatic heterocycles. The molecule has 24 heavy (non-hydrogen) atoms. The fraction of sp³-hybridized carbons (Fsp3) is 0.111. The Balaban J connectivity index is 1.89. The molecule has 2 aromatic carbocycles. The Kier molecular flexibility index (Phi) is 4.78. The van der Waals surface area contributed by atoms with Crippen LogP contribution >= 0.6 is 27.7 Å². The van der Waals surface area contributed by atoms with E-state index in [9.17, 15) is 9.90 Å². The first-order valence-electron chi connectivity index (χ1n) is 7.28. The van der Waals surface area contributed by atoms with Crippen LogP contribution in [-0.4, -0.2) is 16.2 Å². The molecule has 0 bridgehead atoms. The maximum absolute atomic E-state index is 12.2. The lowest BCUT2D eigenvalue weighted by molar-refractivity contribution is -0.115. The summed E-state index contributed by atoms with van der Waals surface area (Å²) >= 11 is 4.58. The number of aromatic hydroxyl groups is 1. The summed E-state index contributed by atoms with van der Waals surface area (Å²) in [5.74, 6) is -0.00728. The SMILES string of the molecule is Cc1cccc(C)c1N=C1NC(=O)/C(=C\c2ccc(O)c(Br)c2)S1. The number of para-hydroxylation sites is 1. The number of thioether (sulfide) groups is 1. The van der Waals surface area contributed by atoms with Crippen LogP contribution in [0.4, 0.5) is 5.69 Å². The predicted molar refractivity (Wildman–Crippen MR) is 103 cm³/mol. The van der Waals surface area contributed by atoms with Gasteiger partial charge in [-0.2, -0.15) is 0 Å². The summed E-state index contributed by atoms with van der Waals surface area (Å²) in [6.07, 6.45) is 1.78. The van der Waals surface area contributed by atoms with Gasteiger partial charge < -0.3 is 10.4 Å². The third-order valence-electron chi connectivity index (χ3n) is 3.57. The molecule has 1 heterocycles. The average molecular weight is 403 g/mol. The van der Waals surface area contributed by atoms with Gasteiger partial charge in [-0.05, 0) is 76.4 Å². The summed E-state index contributed by atoms with van der Waals surface area (Å²) in [5, 5.41) is 12.9. The zero-order chi connectivity index (χ0) is 17.3. The molecule has 6 heteroatoms. The van der Waals surface area contributed by atoms with Crippen LogP contribution in [0.25, 0.3) is 6.08 Å². The maximum Gasteiger partial charge on any atom is 0.264 e. The van der Waals surface area contributed by atoms with Crippen molar-refractivity contribution in [1.82, 2.24) is 5.32 Å². The van der Waals surface area contributed by atoms with Gasteiger partial charge in [-0.25, -0.2) is 4.99 Å². The van der Waals surface area contributed by atoms with Crippen LogP contribution in [0.5, 0.6) is 5.75 Å². The van der Waals surface area contributed by atoms with Gasteiger partial charge in [0.25, 0.3) is 5.91 Å². The predicted octanol–water partition coefficient (Wildman–Crippen LogP) is 4.66. The van der Waals surface area contributed by atoms with Gasteiger partial charge in [0.2, 0.25) is 0 Å².